The maximum atomic E-state index is 12.5. The van der Waals surface area contributed by atoms with E-state index in [0.717, 1.165) is 24.4 Å². The van der Waals surface area contributed by atoms with Gasteiger partial charge in [0, 0.05) is 13.1 Å². The van der Waals surface area contributed by atoms with Crippen LogP contribution in [-0.2, 0) is 11.2 Å². The molecule has 5 nitrogen and oxygen atoms in total. The summed E-state index contributed by atoms with van der Waals surface area (Å²) in [6, 6.07) is 7.58. The molecule has 5 heteroatoms. The number of ether oxygens (including phenoxy) is 1. The monoisotopic (exact) mass is 318 g/mol. The highest BCUT2D eigenvalue weighted by Gasteiger charge is 2.39. The number of hydrogen-bond acceptors (Lipinski definition) is 4. The first-order valence-electron chi connectivity index (χ1n) is 8.43. The van der Waals surface area contributed by atoms with Gasteiger partial charge < -0.3 is 19.6 Å². The molecule has 1 amide bonds. The highest BCUT2D eigenvalue weighted by Crippen LogP contribution is 2.25. The molecule has 23 heavy (non-hydrogen) atoms. The summed E-state index contributed by atoms with van der Waals surface area (Å²) in [5, 5.41) is 10.8. The molecule has 1 atom stereocenters. The Morgan fingerprint density at radius 3 is 2.57 bits per heavy atom. The molecule has 3 rings (SSSR count). The van der Waals surface area contributed by atoms with Crippen LogP contribution in [0.25, 0.3) is 0 Å². The SMILES string of the molecule is COc1ccc(CC(=O)N2CC[C@@](O)(CN3CCCC3)C2)cc1. The Morgan fingerprint density at radius 1 is 1.22 bits per heavy atom. The molecule has 1 N–H and O–H groups in total. The number of β-amino-alcohol motifs (C(OH)–C–C–N with tert-alkyl or cyclic N) is 1. The summed E-state index contributed by atoms with van der Waals surface area (Å²) in [5.41, 5.74) is 0.241. The molecule has 0 saturated carbocycles. The van der Waals surface area contributed by atoms with Crippen LogP contribution in [0.3, 0.4) is 0 Å². The highest BCUT2D eigenvalue weighted by atomic mass is 16.5. The molecule has 2 heterocycles. The van der Waals surface area contributed by atoms with Gasteiger partial charge in [-0.2, -0.15) is 0 Å². The van der Waals surface area contributed by atoms with Gasteiger partial charge in [-0.15, -0.1) is 0 Å². The molecule has 0 bridgehead atoms. The molecule has 1 aromatic carbocycles. The van der Waals surface area contributed by atoms with Crippen molar-refractivity contribution in [3.63, 3.8) is 0 Å². The van der Waals surface area contributed by atoms with Gasteiger partial charge in [-0.25, -0.2) is 0 Å². The van der Waals surface area contributed by atoms with Crippen molar-refractivity contribution in [3.05, 3.63) is 29.8 Å². The van der Waals surface area contributed by atoms with Gasteiger partial charge >= 0.3 is 0 Å². The molecule has 0 spiro atoms. The molecular formula is C18H26N2O3. The highest BCUT2D eigenvalue weighted by molar-refractivity contribution is 5.79. The van der Waals surface area contributed by atoms with Gasteiger partial charge in [0.15, 0.2) is 0 Å². The average molecular weight is 318 g/mol. The minimum absolute atomic E-state index is 0.0903. The van der Waals surface area contributed by atoms with Crippen LogP contribution in [0.1, 0.15) is 24.8 Å². The molecule has 0 aromatic heterocycles. The lowest BCUT2D eigenvalue weighted by Gasteiger charge is -2.28. The van der Waals surface area contributed by atoms with E-state index in [-0.39, 0.29) is 5.91 Å². The lowest BCUT2D eigenvalue weighted by atomic mass is 10.0. The van der Waals surface area contributed by atoms with E-state index >= 15 is 0 Å². The van der Waals surface area contributed by atoms with Gasteiger partial charge in [0.1, 0.15) is 5.75 Å². The van der Waals surface area contributed by atoms with Gasteiger partial charge in [-0.1, -0.05) is 12.1 Å². The van der Waals surface area contributed by atoms with Crippen LogP contribution in [0.15, 0.2) is 24.3 Å². The molecule has 2 fully saturated rings. The van der Waals surface area contributed by atoms with Crippen molar-refractivity contribution in [1.82, 2.24) is 9.80 Å². The van der Waals surface area contributed by atoms with Crippen molar-refractivity contribution in [2.45, 2.75) is 31.3 Å². The Morgan fingerprint density at radius 2 is 1.91 bits per heavy atom. The minimum atomic E-state index is -0.736. The number of nitrogens with zero attached hydrogens (tertiary/aromatic N) is 2. The zero-order chi connectivity index (χ0) is 16.3. The smallest absolute Gasteiger partial charge is 0.227 e. The normalized spacial score (nSPS) is 25.0. The van der Waals surface area contributed by atoms with E-state index in [4.69, 9.17) is 4.74 Å². The summed E-state index contributed by atoms with van der Waals surface area (Å²) in [5.74, 6) is 0.884. The van der Waals surface area contributed by atoms with E-state index in [0.29, 0.717) is 32.5 Å². The van der Waals surface area contributed by atoms with Crippen LogP contribution < -0.4 is 4.74 Å². The fourth-order valence-corrected chi connectivity index (χ4v) is 3.59. The fraction of sp³-hybridized carbons (Fsp3) is 0.611. The molecular weight excluding hydrogens is 292 g/mol. The van der Waals surface area contributed by atoms with Gasteiger partial charge in [-0.3, -0.25) is 4.79 Å². The zero-order valence-corrected chi connectivity index (χ0v) is 13.8. The first-order chi connectivity index (χ1) is 11.1. The number of hydrogen-bond donors (Lipinski definition) is 1. The molecule has 1 aromatic rings. The quantitative estimate of drug-likeness (QED) is 0.889. The number of benzene rings is 1. The first-order valence-corrected chi connectivity index (χ1v) is 8.43. The predicted molar refractivity (Wildman–Crippen MR) is 88.5 cm³/mol. The third kappa shape index (κ3) is 4.03. The van der Waals surface area contributed by atoms with Crippen LogP contribution in [0.2, 0.25) is 0 Å². The number of methoxy groups -OCH3 is 1. The van der Waals surface area contributed by atoms with E-state index in [1.54, 1.807) is 12.0 Å². The topological polar surface area (TPSA) is 53.0 Å². The van der Waals surface area contributed by atoms with Crippen molar-refractivity contribution in [2.24, 2.45) is 0 Å². The van der Waals surface area contributed by atoms with Crippen molar-refractivity contribution in [3.8, 4) is 5.75 Å². The zero-order valence-electron chi connectivity index (χ0n) is 13.8. The van der Waals surface area contributed by atoms with Gasteiger partial charge in [0.2, 0.25) is 5.91 Å². The summed E-state index contributed by atoms with van der Waals surface area (Å²) in [6.07, 6.45) is 3.49. The second kappa shape index (κ2) is 6.89. The molecule has 0 unspecified atom stereocenters. The second-order valence-corrected chi connectivity index (χ2v) is 6.80. The van der Waals surface area contributed by atoms with Crippen LogP contribution in [0.5, 0.6) is 5.75 Å². The number of likely N-dealkylation sites (tertiary alicyclic amines) is 2. The molecule has 0 radical (unpaired) electrons. The Balaban J connectivity index is 1.53. The van der Waals surface area contributed by atoms with Crippen LogP contribution in [0, 0.1) is 0 Å². The summed E-state index contributed by atoms with van der Waals surface area (Å²) in [4.78, 5) is 16.6. The molecule has 2 aliphatic heterocycles. The minimum Gasteiger partial charge on any atom is -0.497 e. The van der Waals surface area contributed by atoms with E-state index in [1.165, 1.54) is 12.8 Å². The fourth-order valence-electron chi connectivity index (χ4n) is 3.59. The Kier molecular flexibility index (Phi) is 4.87. The second-order valence-electron chi connectivity index (χ2n) is 6.80. The van der Waals surface area contributed by atoms with Crippen molar-refractivity contribution >= 4 is 5.91 Å². The summed E-state index contributed by atoms with van der Waals surface area (Å²) in [7, 11) is 1.63. The lowest BCUT2D eigenvalue weighted by molar-refractivity contribution is -0.130. The number of carbonyl (C=O) groups excluding carboxylic acids is 1. The molecule has 2 aliphatic rings. The van der Waals surface area contributed by atoms with Gasteiger partial charge in [0.25, 0.3) is 0 Å². The molecule has 126 valence electrons. The van der Waals surface area contributed by atoms with Crippen LogP contribution in [0.4, 0.5) is 0 Å². The Hall–Kier alpha value is -1.59. The van der Waals surface area contributed by atoms with Crippen LogP contribution in [-0.4, -0.2) is 66.2 Å². The van der Waals surface area contributed by atoms with Crippen molar-refractivity contribution < 1.29 is 14.6 Å². The number of aliphatic hydroxyl groups is 1. The number of rotatable bonds is 5. The predicted octanol–water partition coefficient (Wildman–Crippen LogP) is 1.30. The summed E-state index contributed by atoms with van der Waals surface area (Å²) >= 11 is 0. The van der Waals surface area contributed by atoms with E-state index in [9.17, 15) is 9.90 Å². The number of amides is 1. The van der Waals surface area contributed by atoms with E-state index < -0.39 is 5.60 Å². The number of carbonyl (C=O) groups is 1. The standard InChI is InChI=1S/C18H26N2O3/c1-23-16-6-4-15(5-7-16)12-17(21)20-11-8-18(22,14-20)13-19-9-2-3-10-19/h4-7,22H,2-3,8-14H2,1H3/t18-/m1/s1. The van der Waals surface area contributed by atoms with Gasteiger partial charge in [0.05, 0.1) is 25.7 Å². The maximum absolute atomic E-state index is 12.5. The summed E-state index contributed by atoms with van der Waals surface area (Å²) < 4.78 is 5.13. The Labute approximate surface area is 137 Å². The van der Waals surface area contributed by atoms with Gasteiger partial charge in [-0.05, 0) is 50.0 Å². The average Bonchev–Trinajstić information content (AvgIpc) is 3.18. The Bertz CT molecular complexity index is 540. The van der Waals surface area contributed by atoms with Crippen molar-refractivity contribution in [1.29, 1.82) is 0 Å². The first kappa shape index (κ1) is 16.3. The largest absolute Gasteiger partial charge is 0.497 e. The third-order valence-corrected chi connectivity index (χ3v) is 4.92. The summed E-state index contributed by atoms with van der Waals surface area (Å²) in [6.45, 7) is 3.95. The maximum Gasteiger partial charge on any atom is 0.227 e. The molecule has 0 aliphatic carbocycles. The molecule has 2 saturated heterocycles. The third-order valence-electron chi connectivity index (χ3n) is 4.92. The lowest BCUT2D eigenvalue weighted by Crippen LogP contribution is -2.45. The van der Waals surface area contributed by atoms with Crippen LogP contribution >= 0.6 is 0 Å². The van der Waals surface area contributed by atoms with E-state index in [2.05, 4.69) is 4.90 Å². The van der Waals surface area contributed by atoms with E-state index in [1.807, 2.05) is 24.3 Å². The van der Waals surface area contributed by atoms with Crippen molar-refractivity contribution in [2.75, 3.05) is 39.8 Å².